The van der Waals surface area contributed by atoms with E-state index in [1.54, 1.807) is 49.6 Å². The summed E-state index contributed by atoms with van der Waals surface area (Å²) in [5.41, 5.74) is 23.5. The molecule has 20 aromatic rings. The van der Waals surface area contributed by atoms with E-state index in [0.717, 1.165) is 158 Å². The summed E-state index contributed by atoms with van der Waals surface area (Å²) in [6.45, 7) is 9.48. The van der Waals surface area contributed by atoms with Gasteiger partial charge in [-0.05, 0) is 152 Å². The number of aromatic nitrogens is 16. The number of hydrogen-bond donors (Lipinski definition) is 0. The number of nitrogens with zero attached hydrogens (tertiary/aromatic N) is 16. The number of hydrogen-bond acceptors (Lipinski definition) is 16. The second-order valence-corrected chi connectivity index (χ2v) is 27.2. The predicted molar refractivity (Wildman–Crippen MR) is 496 cm³/mol. The van der Waals surface area contributed by atoms with Gasteiger partial charge in [-0.15, -0.1) is 287 Å². The van der Waals surface area contributed by atoms with Crippen LogP contribution in [0.4, 0.5) is 0 Å². The second kappa shape index (κ2) is 54.0. The molecule has 0 spiro atoms. The molecule has 12 heterocycles. The molecule has 20 heteroatoms. The summed E-state index contributed by atoms with van der Waals surface area (Å²) in [4.78, 5) is 68.9. The Bertz CT molecular complexity index is 6070. The molecular formula is C109H82Ir4N16-8. The van der Waals surface area contributed by atoms with Crippen LogP contribution in [-0.2, 0) is 80.4 Å². The Morgan fingerprint density at radius 2 is 0.473 bits per heavy atom. The maximum absolute atomic E-state index is 4.50. The normalized spacial score (nSPS) is 9.81. The fraction of sp³-hybridized carbons (Fsp3) is 0.0459. The maximum Gasteiger partial charge on any atom is 0.162 e. The third-order valence-corrected chi connectivity index (χ3v) is 18.1. The van der Waals surface area contributed by atoms with Gasteiger partial charge in [-0.3, -0.25) is 4.98 Å². The fourth-order valence-corrected chi connectivity index (χ4v) is 12.0. The topological polar surface area (TPSA) is 206 Å². The molecule has 642 valence electrons. The molecule has 0 aliphatic rings. The molecule has 0 unspecified atom stereocenters. The molecule has 0 amide bonds. The summed E-state index contributed by atoms with van der Waals surface area (Å²) in [6.07, 6.45) is 19.8. The summed E-state index contributed by atoms with van der Waals surface area (Å²) in [7, 11) is 0. The zero-order valence-electron chi connectivity index (χ0n) is 70.7. The molecule has 129 heavy (non-hydrogen) atoms. The summed E-state index contributed by atoms with van der Waals surface area (Å²) in [6, 6.07) is 135. The van der Waals surface area contributed by atoms with E-state index in [1.807, 2.05) is 393 Å². The first kappa shape index (κ1) is 98.7. The number of aryl methyl sites for hydroxylation is 5. The quantitative estimate of drug-likeness (QED) is 0.104. The summed E-state index contributed by atoms with van der Waals surface area (Å²) in [5, 5.41) is 0. The number of benzene rings is 8. The Hall–Kier alpha value is -14.1. The maximum atomic E-state index is 4.50. The van der Waals surface area contributed by atoms with Gasteiger partial charge in [0, 0.05) is 171 Å². The van der Waals surface area contributed by atoms with Crippen LogP contribution >= 0.6 is 0 Å². The average Bonchev–Trinajstić information content (AvgIpc) is 0.846. The molecular weight excluding hydrogens is 2300 g/mol. The van der Waals surface area contributed by atoms with Crippen LogP contribution in [0.5, 0.6) is 0 Å². The minimum Gasteiger partial charge on any atom is -0.305 e. The Balaban J connectivity index is 0.000000167. The minimum atomic E-state index is 0. The van der Waals surface area contributed by atoms with Crippen LogP contribution in [0.2, 0.25) is 0 Å². The molecule has 0 saturated heterocycles. The van der Waals surface area contributed by atoms with Gasteiger partial charge in [0.25, 0.3) is 0 Å². The van der Waals surface area contributed by atoms with Crippen LogP contribution in [0.25, 0.3) is 135 Å². The van der Waals surface area contributed by atoms with Gasteiger partial charge in [0.05, 0.1) is 11.4 Å². The van der Waals surface area contributed by atoms with E-state index in [4.69, 9.17) is 0 Å². The van der Waals surface area contributed by atoms with Gasteiger partial charge in [-0.25, -0.2) is 34.9 Å². The number of pyridine rings is 9. The van der Waals surface area contributed by atoms with Crippen molar-refractivity contribution in [3.05, 3.63) is 485 Å². The zero-order valence-corrected chi connectivity index (χ0v) is 80.3. The Morgan fingerprint density at radius 1 is 0.171 bits per heavy atom. The Kier molecular flexibility index (Phi) is 41.3. The van der Waals surface area contributed by atoms with E-state index in [2.05, 4.69) is 128 Å². The van der Waals surface area contributed by atoms with E-state index < -0.39 is 0 Å². The van der Waals surface area contributed by atoms with E-state index in [-0.39, 0.29) is 80.4 Å². The van der Waals surface area contributed by atoms with Gasteiger partial charge >= 0.3 is 0 Å². The van der Waals surface area contributed by atoms with Crippen molar-refractivity contribution in [1.29, 1.82) is 0 Å². The number of rotatable bonds is 12. The van der Waals surface area contributed by atoms with Gasteiger partial charge < -0.3 is 39.9 Å². The third kappa shape index (κ3) is 31.8. The van der Waals surface area contributed by atoms with Gasteiger partial charge in [-0.2, -0.15) is 0 Å². The van der Waals surface area contributed by atoms with Crippen molar-refractivity contribution in [2.75, 3.05) is 0 Å². The molecule has 4 radical (unpaired) electrons. The Labute approximate surface area is 808 Å². The smallest absolute Gasteiger partial charge is 0.162 e. The molecule has 0 fully saturated rings. The van der Waals surface area contributed by atoms with Crippen molar-refractivity contribution < 1.29 is 80.4 Å². The largest absolute Gasteiger partial charge is 0.305 e. The van der Waals surface area contributed by atoms with Crippen molar-refractivity contribution >= 4 is 0 Å². The van der Waals surface area contributed by atoms with Gasteiger partial charge in [0.1, 0.15) is 23.3 Å². The SMILES string of the molecule is Cc1cccc(-c2ccc(-c3[c-]cccc3)nc2)n1.Cc1nc(C)nc(-c2ccnc(-c3[c-]cccc3)c2)n1.Cc1ncc(-c2ccnc(-c3[c-]cccc3)c2)cn1.Cc1nccc(-c2ccnc(-c3[c-]cccc3)c2)n1.[Ir].[Ir].[Ir].[Ir].[c-]1ccccc1-c1ccccn1.[c-]1ccccc1-c1ccccn1.[c-]1ccccc1-c1ccccn1.[c-]1ccccc1-c1ccccn1. The second-order valence-electron chi connectivity index (χ2n) is 27.2. The molecule has 16 nitrogen and oxygen atoms in total. The van der Waals surface area contributed by atoms with E-state index in [0.29, 0.717) is 5.82 Å². The molecule has 0 aliphatic heterocycles. The molecule has 20 rings (SSSR count). The minimum absolute atomic E-state index is 0. The third-order valence-electron chi connectivity index (χ3n) is 18.1. The molecule has 0 N–H and O–H groups in total. The van der Waals surface area contributed by atoms with E-state index in [9.17, 15) is 0 Å². The molecule has 0 atom stereocenters. The summed E-state index contributed by atoms with van der Waals surface area (Å²) in [5.74, 6) is 3.65. The van der Waals surface area contributed by atoms with Crippen LogP contribution in [0, 0.1) is 83.1 Å². The van der Waals surface area contributed by atoms with Crippen LogP contribution < -0.4 is 0 Å². The van der Waals surface area contributed by atoms with Crippen LogP contribution in [0.1, 0.15) is 29.0 Å². The predicted octanol–water partition coefficient (Wildman–Crippen LogP) is 23.8. The molecule has 8 aromatic carbocycles. The van der Waals surface area contributed by atoms with Crippen molar-refractivity contribution in [3.63, 3.8) is 0 Å². The van der Waals surface area contributed by atoms with E-state index >= 15 is 0 Å². The first-order valence-electron chi connectivity index (χ1n) is 40.1. The van der Waals surface area contributed by atoms with Crippen LogP contribution in [0.15, 0.2) is 408 Å². The molecule has 0 aliphatic carbocycles. The standard InChI is InChI=1S/C17H13N2.C16H13N4.2C16H12N3.4C11H8N.4Ir/c1-13-6-5-9-17(19-13)15-10-11-16(18-12-15)14-7-3-2-4-8-14;1-11-18-12(2)20-16(19-11)14-8-9-17-15(10-14)13-6-4-3-5-7-13;1-12-17-10-8-15(19-12)14-7-9-18-16(11-14)13-5-3-2-4-6-13;1-12-18-10-15(11-19-12)14-7-8-17-16(9-14)13-5-3-2-4-6-13;4*1-2-6-10(7-3-1)11-8-4-5-9-12-11;;;;/h2-7,9-12H,1H3;3-6,8-10H,1-2H3;2*2-5,7-11H,1H3;4*1-6,8-9H;;;;/q8*-1;;;;. The summed E-state index contributed by atoms with van der Waals surface area (Å²) >= 11 is 0. The van der Waals surface area contributed by atoms with Crippen molar-refractivity contribution in [1.82, 2.24) is 79.7 Å². The summed E-state index contributed by atoms with van der Waals surface area (Å²) < 4.78 is 0. The van der Waals surface area contributed by atoms with Gasteiger partial charge in [0.2, 0.25) is 0 Å². The molecule has 0 saturated carbocycles. The van der Waals surface area contributed by atoms with Crippen molar-refractivity contribution in [2.45, 2.75) is 34.6 Å². The van der Waals surface area contributed by atoms with Gasteiger partial charge in [0.15, 0.2) is 5.82 Å². The monoisotopic (exact) mass is 2390 g/mol. The molecule has 0 bridgehead atoms. The van der Waals surface area contributed by atoms with Crippen molar-refractivity contribution in [3.8, 4) is 135 Å². The van der Waals surface area contributed by atoms with Crippen LogP contribution in [0.3, 0.4) is 0 Å². The first-order valence-corrected chi connectivity index (χ1v) is 40.1. The van der Waals surface area contributed by atoms with Gasteiger partial charge in [-0.1, -0.05) is 84.9 Å². The molecule has 12 aromatic heterocycles. The average molecular weight is 2380 g/mol. The van der Waals surface area contributed by atoms with E-state index in [1.165, 1.54) is 0 Å². The first-order chi connectivity index (χ1) is 61.6. The van der Waals surface area contributed by atoms with Crippen LogP contribution in [-0.4, -0.2) is 79.7 Å². The fourth-order valence-electron chi connectivity index (χ4n) is 12.0. The Morgan fingerprint density at radius 3 is 0.806 bits per heavy atom. The van der Waals surface area contributed by atoms with Crippen molar-refractivity contribution in [2.24, 2.45) is 0 Å². The zero-order chi connectivity index (χ0) is 86.1.